The van der Waals surface area contributed by atoms with E-state index in [0.717, 1.165) is 0 Å². The number of hydrogen-bond acceptors (Lipinski definition) is 4. The second-order valence-corrected chi connectivity index (χ2v) is 4.96. The topological polar surface area (TPSA) is 81.5 Å². The average molecular weight is 321 g/mol. The van der Waals surface area contributed by atoms with Crippen LogP contribution >= 0.6 is 23.2 Å². The molecule has 20 heavy (non-hydrogen) atoms. The van der Waals surface area contributed by atoms with Gasteiger partial charge in [-0.3, -0.25) is 14.9 Å². The van der Waals surface area contributed by atoms with Crippen molar-refractivity contribution in [3.05, 3.63) is 33.9 Å². The monoisotopic (exact) mass is 320 g/mol. The van der Waals surface area contributed by atoms with Gasteiger partial charge in [0.25, 0.3) is 11.6 Å². The third-order valence-electron chi connectivity index (χ3n) is 2.65. The number of nitrogens with one attached hydrogen (secondary N) is 1. The van der Waals surface area contributed by atoms with Crippen molar-refractivity contribution < 1.29 is 14.5 Å². The molecule has 1 N–H and O–H groups in total. The van der Waals surface area contributed by atoms with E-state index in [2.05, 4.69) is 5.32 Å². The first-order valence-electron chi connectivity index (χ1n) is 5.63. The first kappa shape index (κ1) is 16.5. The first-order chi connectivity index (χ1) is 9.36. The van der Waals surface area contributed by atoms with Crippen molar-refractivity contribution in [3.8, 4) is 5.75 Å². The summed E-state index contributed by atoms with van der Waals surface area (Å²) >= 11 is 11.5. The van der Waals surface area contributed by atoms with Crippen molar-refractivity contribution in [2.24, 2.45) is 0 Å². The Morgan fingerprint density at radius 1 is 1.45 bits per heavy atom. The number of hydrogen-bond donors (Lipinski definition) is 1. The summed E-state index contributed by atoms with van der Waals surface area (Å²) in [6, 6.07) is 3.75. The number of amides is 1. The highest BCUT2D eigenvalue weighted by molar-refractivity contribution is 6.22. The van der Waals surface area contributed by atoms with E-state index in [-0.39, 0.29) is 28.8 Å². The minimum atomic E-state index is -0.771. The highest BCUT2D eigenvalue weighted by atomic mass is 35.5. The Hall–Kier alpha value is -1.53. The Kier molecular flexibility index (Phi) is 5.59. The number of nitro groups is 1. The van der Waals surface area contributed by atoms with Gasteiger partial charge in [0.05, 0.1) is 29.2 Å². The van der Waals surface area contributed by atoms with E-state index in [1.54, 1.807) is 6.92 Å². The molecule has 0 aliphatic heterocycles. The fraction of sp³-hybridized carbons (Fsp3) is 0.417. The van der Waals surface area contributed by atoms with Crippen LogP contribution in [0.5, 0.6) is 5.75 Å². The van der Waals surface area contributed by atoms with Crippen molar-refractivity contribution in [3.63, 3.8) is 0 Å². The molecule has 0 saturated heterocycles. The third-order valence-corrected chi connectivity index (χ3v) is 3.83. The van der Waals surface area contributed by atoms with Crippen LogP contribution in [-0.2, 0) is 0 Å². The molecule has 1 aromatic carbocycles. The largest absolute Gasteiger partial charge is 0.496 e. The van der Waals surface area contributed by atoms with Crippen LogP contribution in [0.3, 0.4) is 0 Å². The van der Waals surface area contributed by atoms with Crippen molar-refractivity contribution in [1.29, 1.82) is 0 Å². The maximum Gasteiger partial charge on any atom is 0.273 e. The minimum absolute atomic E-state index is 0.114. The Balaban J connectivity index is 3.07. The quantitative estimate of drug-likeness (QED) is 0.496. The molecule has 0 fully saturated rings. The number of ether oxygens (including phenoxy) is 1. The molecule has 0 aromatic heterocycles. The molecule has 0 atom stereocenters. The van der Waals surface area contributed by atoms with Crippen molar-refractivity contribution >= 4 is 34.8 Å². The van der Waals surface area contributed by atoms with E-state index in [1.807, 2.05) is 0 Å². The zero-order chi connectivity index (χ0) is 15.3. The summed E-state index contributed by atoms with van der Waals surface area (Å²) in [4.78, 5) is 22.3. The lowest BCUT2D eigenvalue weighted by Gasteiger charge is -2.26. The SMILES string of the molecule is COc1cc([N+](=O)[O-])ccc1C(=O)NC(C)(CCl)CCl. The highest BCUT2D eigenvalue weighted by Crippen LogP contribution is 2.25. The van der Waals surface area contributed by atoms with E-state index < -0.39 is 16.4 Å². The number of nitro benzene ring substituents is 1. The van der Waals surface area contributed by atoms with Gasteiger partial charge in [-0.2, -0.15) is 0 Å². The Labute approximate surface area is 126 Å². The third kappa shape index (κ3) is 3.74. The van der Waals surface area contributed by atoms with Crippen LogP contribution in [0, 0.1) is 10.1 Å². The predicted octanol–water partition coefficient (Wildman–Crippen LogP) is 2.57. The van der Waals surface area contributed by atoms with Gasteiger partial charge in [0.15, 0.2) is 0 Å². The Morgan fingerprint density at radius 2 is 2.05 bits per heavy atom. The van der Waals surface area contributed by atoms with Crippen LogP contribution in [0.25, 0.3) is 0 Å². The summed E-state index contributed by atoms with van der Waals surface area (Å²) in [5, 5.41) is 13.4. The Morgan fingerprint density at radius 3 is 2.50 bits per heavy atom. The molecule has 8 heteroatoms. The van der Waals surface area contributed by atoms with E-state index in [4.69, 9.17) is 27.9 Å². The molecule has 1 amide bonds. The van der Waals surface area contributed by atoms with Crippen LogP contribution < -0.4 is 10.1 Å². The summed E-state index contributed by atoms with van der Waals surface area (Å²) < 4.78 is 5.01. The lowest BCUT2D eigenvalue weighted by molar-refractivity contribution is -0.384. The van der Waals surface area contributed by atoms with E-state index >= 15 is 0 Å². The molecule has 0 aliphatic carbocycles. The fourth-order valence-electron chi connectivity index (χ4n) is 1.43. The molecule has 6 nitrogen and oxygen atoms in total. The number of non-ortho nitro benzene ring substituents is 1. The molecule has 110 valence electrons. The summed E-state index contributed by atoms with van der Waals surface area (Å²) in [6.07, 6.45) is 0. The second kappa shape index (κ2) is 6.76. The van der Waals surface area contributed by atoms with Gasteiger partial charge >= 0.3 is 0 Å². The minimum Gasteiger partial charge on any atom is -0.496 e. The van der Waals surface area contributed by atoms with Gasteiger partial charge in [-0.25, -0.2) is 0 Å². The summed E-state index contributed by atoms with van der Waals surface area (Å²) in [5.41, 5.74) is -0.747. The summed E-state index contributed by atoms with van der Waals surface area (Å²) in [6.45, 7) is 1.70. The van der Waals surface area contributed by atoms with Gasteiger partial charge in [0.1, 0.15) is 5.75 Å². The standard InChI is InChI=1S/C12H14Cl2N2O4/c1-12(6-13,7-14)15-11(17)9-4-3-8(16(18)19)5-10(9)20-2/h3-5H,6-7H2,1-2H3,(H,15,17). The highest BCUT2D eigenvalue weighted by Gasteiger charge is 2.26. The molecular formula is C12H14Cl2N2O4. The lowest BCUT2D eigenvalue weighted by atomic mass is 10.1. The van der Waals surface area contributed by atoms with Crippen molar-refractivity contribution in [2.75, 3.05) is 18.9 Å². The summed E-state index contributed by atoms with van der Waals surface area (Å²) in [5.74, 6) is -0.0709. The van der Waals surface area contributed by atoms with Crippen LogP contribution in [0.2, 0.25) is 0 Å². The zero-order valence-electron chi connectivity index (χ0n) is 11.0. The van der Waals surface area contributed by atoms with Gasteiger partial charge in [0, 0.05) is 17.8 Å². The van der Waals surface area contributed by atoms with Gasteiger partial charge in [-0.1, -0.05) is 0 Å². The van der Waals surface area contributed by atoms with Crippen LogP contribution in [0.15, 0.2) is 18.2 Å². The molecule has 0 aliphatic rings. The molecular weight excluding hydrogens is 307 g/mol. The van der Waals surface area contributed by atoms with Crippen LogP contribution in [0.1, 0.15) is 17.3 Å². The van der Waals surface area contributed by atoms with E-state index in [9.17, 15) is 14.9 Å². The molecule has 0 unspecified atom stereocenters. The molecule has 1 aromatic rings. The molecule has 0 radical (unpaired) electrons. The smallest absolute Gasteiger partial charge is 0.273 e. The maximum atomic E-state index is 12.2. The zero-order valence-corrected chi connectivity index (χ0v) is 12.5. The Bertz CT molecular complexity index is 518. The number of carbonyl (C=O) groups excluding carboxylic acids is 1. The second-order valence-electron chi connectivity index (χ2n) is 4.42. The van der Waals surface area contributed by atoms with Crippen molar-refractivity contribution in [2.45, 2.75) is 12.5 Å². The predicted molar refractivity (Wildman–Crippen MR) is 77.0 cm³/mol. The number of carbonyl (C=O) groups is 1. The van der Waals surface area contributed by atoms with Crippen LogP contribution in [0.4, 0.5) is 5.69 Å². The summed E-state index contributed by atoms with van der Waals surface area (Å²) in [7, 11) is 1.33. The normalized spacial score (nSPS) is 11.0. The number of halogens is 2. The molecule has 0 spiro atoms. The van der Waals surface area contributed by atoms with Gasteiger partial charge in [0.2, 0.25) is 0 Å². The lowest BCUT2D eigenvalue weighted by Crippen LogP contribution is -2.49. The number of nitrogens with zero attached hydrogens (tertiary/aromatic N) is 1. The maximum absolute atomic E-state index is 12.2. The van der Waals surface area contributed by atoms with Gasteiger partial charge in [-0.05, 0) is 13.0 Å². The van der Waals surface area contributed by atoms with Crippen LogP contribution in [-0.4, -0.2) is 35.2 Å². The van der Waals surface area contributed by atoms with E-state index in [1.165, 1.54) is 25.3 Å². The van der Waals surface area contributed by atoms with Crippen molar-refractivity contribution in [1.82, 2.24) is 5.32 Å². The van der Waals surface area contributed by atoms with E-state index in [0.29, 0.717) is 0 Å². The first-order valence-corrected chi connectivity index (χ1v) is 6.70. The number of methoxy groups -OCH3 is 1. The molecule has 1 rings (SSSR count). The molecule has 0 saturated carbocycles. The fourth-order valence-corrected chi connectivity index (χ4v) is 1.84. The molecule has 0 bridgehead atoms. The number of rotatable bonds is 6. The number of alkyl halides is 2. The van der Waals surface area contributed by atoms with Gasteiger partial charge in [-0.15, -0.1) is 23.2 Å². The molecule has 0 heterocycles. The van der Waals surface area contributed by atoms with Gasteiger partial charge < -0.3 is 10.1 Å². The number of benzene rings is 1. The average Bonchev–Trinajstić information content (AvgIpc) is 2.46.